The molecule has 0 aromatic rings. The molecule has 0 radical (unpaired) electrons. The van der Waals surface area contributed by atoms with Gasteiger partial charge in [0, 0.05) is 13.1 Å². The predicted octanol–water partition coefficient (Wildman–Crippen LogP) is 1.79. The van der Waals surface area contributed by atoms with E-state index in [-0.39, 0.29) is 18.6 Å². The molecule has 1 aliphatic heterocycles. The average Bonchev–Trinajstić information content (AvgIpc) is 2.45. The first kappa shape index (κ1) is 14.8. The molecule has 2 rings (SSSR count). The second kappa shape index (κ2) is 7.25. The van der Waals surface area contributed by atoms with Gasteiger partial charge in [-0.2, -0.15) is 0 Å². The average molecular weight is 268 g/mol. The Morgan fingerprint density at radius 1 is 1.21 bits per heavy atom. The number of hydrogen-bond acceptors (Lipinski definition) is 3. The van der Waals surface area contributed by atoms with E-state index in [0.717, 1.165) is 32.4 Å². The largest absolute Gasteiger partial charge is 0.368 e. The van der Waals surface area contributed by atoms with Gasteiger partial charge < -0.3 is 15.0 Å². The third kappa shape index (κ3) is 4.18. The number of nitrogens with one attached hydrogen (secondary N) is 1. The summed E-state index contributed by atoms with van der Waals surface area (Å²) < 4.78 is 5.76. The number of carbonyl (C=O) groups is 1. The highest BCUT2D eigenvalue weighted by Gasteiger charge is 2.28. The minimum Gasteiger partial charge on any atom is -0.368 e. The Bertz CT molecular complexity index is 290. The van der Waals surface area contributed by atoms with Crippen molar-refractivity contribution in [3.05, 3.63) is 0 Å². The number of rotatable bonds is 4. The van der Waals surface area contributed by atoms with Crippen LogP contribution in [0, 0.1) is 5.92 Å². The van der Waals surface area contributed by atoms with Crippen molar-refractivity contribution < 1.29 is 9.53 Å². The molecule has 0 aromatic carbocycles. The molecule has 1 heterocycles. The molecular weight excluding hydrogens is 240 g/mol. The van der Waals surface area contributed by atoms with E-state index in [1.165, 1.54) is 19.3 Å². The van der Waals surface area contributed by atoms with Gasteiger partial charge in [-0.15, -0.1) is 0 Å². The van der Waals surface area contributed by atoms with Crippen molar-refractivity contribution in [1.82, 2.24) is 10.2 Å². The van der Waals surface area contributed by atoms with Gasteiger partial charge in [0.25, 0.3) is 0 Å². The topological polar surface area (TPSA) is 41.6 Å². The Balaban J connectivity index is 1.74. The molecule has 4 heteroatoms. The van der Waals surface area contributed by atoms with Gasteiger partial charge in [0.2, 0.25) is 5.91 Å². The van der Waals surface area contributed by atoms with Gasteiger partial charge in [-0.25, -0.2) is 0 Å². The van der Waals surface area contributed by atoms with Crippen LogP contribution < -0.4 is 5.32 Å². The van der Waals surface area contributed by atoms with Crippen LogP contribution in [-0.4, -0.2) is 49.7 Å². The number of piperidine rings is 1. The van der Waals surface area contributed by atoms with Gasteiger partial charge in [0.15, 0.2) is 0 Å². The van der Waals surface area contributed by atoms with Crippen molar-refractivity contribution in [3.8, 4) is 0 Å². The fraction of sp³-hybridized carbons (Fsp3) is 0.933. The predicted molar refractivity (Wildman–Crippen MR) is 76.0 cm³/mol. The van der Waals surface area contributed by atoms with Crippen LogP contribution in [0.3, 0.4) is 0 Å². The number of hydrogen-bond donors (Lipinski definition) is 1. The van der Waals surface area contributed by atoms with Gasteiger partial charge in [-0.1, -0.05) is 19.8 Å². The zero-order valence-corrected chi connectivity index (χ0v) is 12.4. The van der Waals surface area contributed by atoms with Crippen LogP contribution in [0.2, 0.25) is 0 Å². The fourth-order valence-corrected chi connectivity index (χ4v) is 3.31. The van der Waals surface area contributed by atoms with Crippen LogP contribution in [-0.2, 0) is 9.53 Å². The standard InChI is InChI=1S/C15H28N2O2/c1-12-5-3-4-6-14(12)17(2)15(18)11-19-13-7-9-16-10-8-13/h12-14,16H,3-11H2,1-2H3. The Hall–Kier alpha value is -0.610. The van der Waals surface area contributed by atoms with E-state index in [2.05, 4.69) is 12.2 Å². The molecule has 1 aliphatic carbocycles. The van der Waals surface area contributed by atoms with E-state index in [0.29, 0.717) is 12.0 Å². The zero-order chi connectivity index (χ0) is 13.7. The Morgan fingerprint density at radius 2 is 1.89 bits per heavy atom. The van der Waals surface area contributed by atoms with Crippen LogP contribution in [0.5, 0.6) is 0 Å². The van der Waals surface area contributed by atoms with Crippen molar-refractivity contribution in [2.75, 3.05) is 26.7 Å². The molecule has 4 nitrogen and oxygen atoms in total. The zero-order valence-electron chi connectivity index (χ0n) is 12.4. The van der Waals surface area contributed by atoms with Gasteiger partial charge in [-0.05, 0) is 44.7 Å². The van der Waals surface area contributed by atoms with Crippen LogP contribution in [0.25, 0.3) is 0 Å². The quantitative estimate of drug-likeness (QED) is 0.845. The minimum absolute atomic E-state index is 0.150. The maximum atomic E-state index is 12.2. The van der Waals surface area contributed by atoms with E-state index >= 15 is 0 Å². The van der Waals surface area contributed by atoms with Gasteiger partial charge in [-0.3, -0.25) is 4.79 Å². The van der Waals surface area contributed by atoms with Crippen molar-refractivity contribution in [2.24, 2.45) is 5.92 Å². The lowest BCUT2D eigenvalue weighted by Gasteiger charge is -2.36. The molecule has 1 N–H and O–H groups in total. The summed E-state index contributed by atoms with van der Waals surface area (Å²) in [5.41, 5.74) is 0. The fourth-order valence-electron chi connectivity index (χ4n) is 3.31. The van der Waals surface area contributed by atoms with Crippen molar-refractivity contribution in [3.63, 3.8) is 0 Å². The number of carbonyl (C=O) groups excluding carboxylic acids is 1. The summed E-state index contributed by atoms with van der Waals surface area (Å²) in [6.45, 7) is 4.54. The lowest BCUT2D eigenvalue weighted by molar-refractivity contribution is -0.141. The molecule has 2 aliphatic rings. The van der Waals surface area contributed by atoms with Crippen LogP contribution >= 0.6 is 0 Å². The number of likely N-dealkylation sites (N-methyl/N-ethyl adjacent to an activating group) is 1. The normalized spacial score (nSPS) is 29.2. The van der Waals surface area contributed by atoms with E-state index in [9.17, 15) is 4.79 Å². The maximum Gasteiger partial charge on any atom is 0.248 e. The lowest BCUT2D eigenvalue weighted by Crippen LogP contribution is -2.45. The first-order valence-corrected chi connectivity index (χ1v) is 7.76. The van der Waals surface area contributed by atoms with Crippen LogP contribution in [0.15, 0.2) is 0 Å². The molecule has 2 fully saturated rings. The maximum absolute atomic E-state index is 12.2. The Morgan fingerprint density at radius 3 is 2.58 bits per heavy atom. The molecule has 110 valence electrons. The van der Waals surface area contributed by atoms with Crippen LogP contribution in [0.4, 0.5) is 0 Å². The summed E-state index contributed by atoms with van der Waals surface area (Å²) >= 11 is 0. The summed E-state index contributed by atoms with van der Waals surface area (Å²) in [5.74, 6) is 0.777. The van der Waals surface area contributed by atoms with E-state index in [4.69, 9.17) is 4.74 Å². The summed E-state index contributed by atoms with van der Waals surface area (Å²) in [6.07, 6.45) is 7.27. The second-order valence-corrected chi connectivity index (χ2v) is 6.09. The lowest BCUT2D eigenvalue weighted by atomic mass is 9.85. The highest BCUT2D eigenvalue weighted by molar-refractivity contribution is 5.77. The third-order valence-electron chi connectivity index (χ3n) is 4.69. The number of nitrogens with zero attached hydrogens (tertiary/aromatic N) is 1. The molecule has 1 saturated heterocycles. The SMILES string of the molecule is CC1CCCCC1N(C)C(=O)COC1CCNCC1. The van der Waals surface area contributed by atoms with Gasteiger partial charge in [0.1, 0.15) is 6.61 Å². The minimum atomic E-state index is 0.150. The number of ether oxygens (including phenoxy) is 1. The first-order chi connectivity index (χ1) is 9.18. The highest BCUT2D eigenvalue weighted by atomic mass is 16.5. The van der Waals surface area contributed by atoms with E-state index < -0.39 is 0 Å². The monoisotopic (exact) mass is 268 g/mol. The van der Waals surface area contributed by atoms with Crippen molar-refractivity contribution >= 4 is 5.91 Å². The van der Waals surface area contributed by atoms with E-state index in [1.54, 1.807) is 0 Å². The van der Waals surface area contributed by atoms with Crippen LogP contribution in [0.1, 0.15) is 45.4 Å². The summed E-state index contributed by atoms with van der Waals surface area (Å²) in [6, 6.07) is 0.415. The molecule has 2 atom stereocenters. The van der Waals surface area contributed by atoms with Crippen molar-refractivity contribution in [2.45, 2.75) is 57.6 Å². The van der Waals surface area contributed by atoms with Gasteiger partial charge in [0.05, 0.1) is 6.10 Å². The molecule has 2 unspecified atom stereocenters. The van der Waals surface area contributed by atoms with Gasteiger partial charge >= 0.3 is 0 Å². The highest BCUT2D eigenvalue weighted by Crippen LogP contribution is 2.27. The second-order valence-electron chi connectivity index (χ2n) is 6.09. The molecule has 0 spiro atoms. The number of amides is 1. The third-order valence-corrected chi connectivity index (χ3v) is 4.69. The molecule has 0 aromatic heterocycles. The smallest absolute Gasteiger partial charge is 0.248 e. The molecule has 19 heavy (non-hydrogen) atoms. The molecule has 0 bridgehead atoms. The summed E-state index contributed by atoms with van der Waals surface area (Å²) in [5, 5.41) is 3.31. The van der Waals surface area contributed by atoms with Crippen molar-refractivity contribution in [1.29, 1.82) is 0 Å². The Labute approximate surface area is 116 Å². The molecular formula is C15H28N2O2. The first-order valence-electron chi connectivity index (χ1n) is 7.76. The summed E-state index contributed by atoms with van der Waals surface area (Å²) in [7, 11) is 1.95. The van der Waals surface area contributed by atoms with E-state index in [1.807, 2.05) is 11.9 Å². The molecule has 1 saturated carbocycles. The molecule has 1 amide bonds. The summed E-state index contributed by atoms with van der Waals surface area (Å²) in [4.78, 5) is 14.2. The Kier molecular flexibility index (Phi) is 5.64.